The number of nitrogens with one attached hydrogen (secondary N) is 1. The summed E-state index contributed by atoms with van der Waals surface area (Å²) in [5.41, 5.74) is 1.09. The van der Waals surface area contributed by atoms with E-state index in [1.165, 1.54) is 0 Å². The highest BCUT2D eigenvalue weighted by Crippen LogP contribution is 2.23. The lowest BCUT2D eigenvalue weighted by molar-refractivity contribution is -0.135. The first kappa shape index (κ1) is 15.8. The molecule has 1 rings (SSSR count). The van der Waals surface area contributed by atoms with E-state index in [-0.39, 0.29) is 12.5 Å². The largest absolute Gasteiger partial charge is 0.497 e. The molecule has 5 heteroatoms. The Labute approximate surface area is 112 Å². The van der Waals surface area contributed by atoms with Gasteiger partial charge in [-0.05, 0) is 44.0 Å². The zero-order valence-electron chi connectivity index (χ0n) is 11.3. The molecule has 0 spiro atoms. The highest BCUT2D eigenvalue weighted by atomic mass is 19.4. The number of hydrogen-bond donors (Lipinski definition) is 1. The number of rotatable bonds is 7. The second-order valence-corrected chi connectivity index (χ2v) is 4.55. The van der Waals surface area contributed by atoms with Crippen LogP contribution in [0.3, 0.4) is 0 Å². The number of likely N-dealkylation sites (N-methyl/N-ethyl adjacent to an activating group) is 1. The maximum atomic E-state index is 12.1. The minimum Gasteiger partial charge on any atom is -0.497 e. The third-order valence-electron chi connectivity index (χ3n) is 3.06. The molecule has 0 amide bonds. The Morgan fingerprint density at radius 1 is 1.21 bits per heavy atom. The number of methoxy groups -OCH3 is 1. The third-order valence-corrected chi connectivity index (χ3v) is 3.06. The van der Waals surface area contributed by atoms with E-state index in [4.69, 9.17) is 4.74 Å². The van der Waals surface area contributed by atoms with Gasteiger partial charge >= 0.3 is 6.18 Å². The molecule has 1 aromatic carbocycles. The molecule has 0 saturated heterocycles. The molecule has 0 aliphatic carbocycles. The van der Waals surface area contributed by atoms with Crippen LogP contribution < -0.4 is 10.1 Å². The minimum absolute atomic E-state index is 0.0655. The predicted molar refractivity (Wildman–Crippen MR) is 69.5 cm³/mol. The van der Waals surface area contributed by atoms with Crippen LogP contribution in [0, 0.1) is 0 Å². The van der Waals surface area contributed by atoms with Gasteiger partial charge in [-0.25, -0.2) is 0 Å². The topological polar surface area (TPSA) is 21.3 Å². The smallest absolute Gasteiger partial charge is 0.389 e. The maximum absolute atomic E-state index is 12.1. The summed E-state index contributed by atoms with van der Waals surface area (Å²) in [7, 11) is 3.38. The number of benzene rings is 1. The quantitative estimate of drug-likeness (QED) is 0.821. The monoisotopic (exact) mass is 275 g/mol. The summed E-state index contributed by atoms with van der Waals surface area (Å²) in [6, 6.07) is 7.66. The summed E-state index contributed by atoms with van der Waals surface area (Å²) in [5.74, 6) is 0.779. The Kier molecular flexibility index (Phi) is 6.15. The van der Waals surface area contributed by atoms with Crippen LogP contribution >= 0.6 is 0 Å². The van der Waals surface area contributed by atoms with Gasteiger partial charge in [0.1, 0.15) is 5.75 Å². The lowest BCUT2D eigenvalue weighted by Crippen LogP contribution is -2.28. The van der Waals surface area contributed by atoms with E-state index < -0.39 is 12.6 Å². The summed E-state index contributed by atoms with van der Waals surface area (Å²) < 4.78 is 41.3. The zero-order valence-corrected chi connectivity index (χ0v) is 11.3. The average molecular weight is 275 g/mol. The van der Waals surface area contributed by atoms with Gasteiger partial charge in [0.25, 0.3) is 0 Å². The molecule has 0 aromatic heterocycles. The standard InChI is InChI=1S/C14H20F3NO/c1-18-12(4-3-9-14(15,16)17)10-11-5-7-13(19-2)8-6-11/h5-8,12,18H,3-4,9-10H2,1-2H3. The summed E-state index contributed by atoms with van der Waals surface area (Å²) in [6.07, 6.45) is -3.38. The second-order valence-electron chi connectivity index (χ2n) is 4.55. The Hall–Kier alpha value is -1.23. The van der Waals surface area contributed by atoms with Crippen LogP contribution in [0.4, 0.5) is 13.2 Å². The van der Waals surface area contributed by atoms with E-state index in [1.807, 2.05) is 24.3 Å². The first-order valence-electron chi connectivity index (χ1n) is 6.31. The van der Waals surface area contributed by atoms with Gasteiger partial charge in [-0.15, -0.1) is 0 Å². The van der Waals surface area contributed by atoms with E-state index in [0.29, 0.717) is 6.42 Å². The van der Waals surface area contributed by atoms with Gasteiger partial charge in [-0.1, -0.05) is 12.1 Å². The van der Waals surface area contributed by atoms with Gasteiger partial charge in [-0.3, -0.25) is 0 Å². The molecule has 0 saturated carbocycles. The Balaban J connectivity index is 2.42. The van der Waals surface area contributed by atoms with E-state index in [9.17, 15) is 13.2 Å². The van der Waals surface area contributed by atoms with Crippen LogP contribution in [0.15, 0.2) is 24.3 Å². The van der Waals surface area contributed by atoms with Crippen molar-refractivity contribution >= 4 is 0 Å². The number of halogens is 3. The van der Waals surface area contributed by atoms with E-state index in [2.05, 4.69) is 5.32 Å². The third kappa shape index (κ3) is 6.47. The van der Waals surface area contributed by atoms with Gasteiger partial charge in [0, 0.05) is 12.5 Å². The van der Waals surface area contributed by atoms with Gasteiger partial charge < -0.3 is 10.1 Å². The predicted octanol–water partition coefficient (Wildman–Crippen LogP) is 3.56. The first-order valence-corrected chi connectivity index (χ1v) is 6.31. The molecule has 0 bridgehead atoms. The molecule has 1 N–H and O–H groups in total. The van der Waals surface area contributed by atoms with Crippen molar-refractivity contribution in [2.24, 2.45) is 0 Å². The molecule has 1 aromatic rings. The summed E-state index contributed by atoms with van der Waals surface area (Å²) >= 11 is 0. The van der Waals surface area contributed by atoms with Gasteiger partial charge in [0.2, 0.25) is 0 Å². The SMILES string of the molecule is CNC(CCCC(F)(F)F)Cc1ccc(OC)cc1. The van der Waals surface area contributed by atoms with E-state index in [0.717, 1.165) is 17.7 Å². The van der Waals surface area contributed by atoms with Gasteiger partial charge in [0.05, 0.1) is 7.11 Å². The second kappa shape index (κ2) is 7.38. The molecule has 19 heavy (non-hydrogen) atoms. The molecule has 108 valence electrons. The van der Waals surface area contributed by atoms with E-state index in [1.54, 1.807) is 14.2 Å². The molecule has 1 atom stereocenters. The average Bonchev–Trinajstić information content (AvgIpc) is 2.37. The lowest BCUT2D eigenvalue weighted by Gasteiger charge is -2.17. The van der Waals surface area contributed by atoms with Crippen LogP contribution in [0.2, 0.25) is 0 Å². The van der Waals surface area contributed by atoms with Crippen molar-refractivity contribution in [3.8, 4) is 5.75 Å². The summed E-state index contributed by atoms with van der Waals surface area (Å²) in [5, 5.41) is 3.07. The Morgan fingerprint density at radius 3 is 2.32 bits per heavy atom. The fourth-order valence-electron chi connectivity index (χ4n) is 1.94. The van der Waals surface area contributed by atoms with Crippen molar-refractivity contribution in [2.75, 3.05) is 14.2 Å². The molecule has 2 nitrogen and oxygen atoms in total. The number of hydrogen-bond acceptors (Lipinski definition) is 2. The fourth-order valence-corrected chi connectivity index (χ4v) is 1.94. The maximum Gasteiger partial charge on any atom is 0.389 e. The van der Waals surface area contributed by atoms with Crippen molar-refractivity contribution in [1.29, 1.82) is 0 Å². The van der Waals surface area contributed by atoms with Crippen molar-refractivity contribution in [3.05, 3.63) is 29.8 Å². The van der Waals surface area contributed by atoms with Crippen LogP contribution in [-0.2, 0) is 6.42 Å². The molecule has 1 unspecified atom stereocenters. The highest BCUT2D eigenvalue weighted by molar-refractivity contribution is 5.27. The Morgan fingerprint density at radius 2 is 1.84 bits per heavy atom. The number of alkyl halides is 3. The summed E-state index contributed by atoms with van der Waals surface area (Å²) in [4.78, 5) is 0. The van der Waals surface area contributed by atoms with Crippen LogP contribution in [0.5, 0.6) is 5.75 Å². The minimum atomic E-state index is -4.06. The Bertz CT molecular complexity index is 362. The molecule has 0 fully saturated rings. The van der Waals surface area contributed by atoms with Crippen LogP contribution in [0.1, 0.15) is 24.8 Å². The lowest BCUT2D eigenvalue weighted by atomic mass is 10.0. The van der Waals surface area contributed by atoms with Gasteiger partial charge in [0.15, 0.2) is 0 Å². The fraction of sp³-hybridized carbons (Fsp3) is 0.571. The van der Waals surface area contributed by atoms with Crippen molar-refractivity contribution in [1.82, 2.24) is 5.32 Å². The number of ether oxygens (including phenoxy) is 1. The summed E-state index contributed by atoms with van der Waals surface area (Å²) in [6.45, 7) is 0. The van der Waals surface area contributed by atoms with Crippen molar-refractivity contribution < 1.29 is 17.9 Å². The van der Waals surface area contributed by atoms with Crippen molar-refractivity contribution in [3.63, 3.8) is 0 Å². The molecule has 0 aliphatic heterocycles. The molecule has 0 aliphatic rings. The zero-order chi connectivity index (χ0) is 14.3. The molecular formula is C14H20F3NO. The van der Waals surface area contributed by atoms with Crippen molar-refractivity contribution in [2.45, 2.75) is 37.9 Å². The first-order chi connectivity index (χ1) is 8.94. The molecule has 0 radical (unpaired) electrons. The van der Waals surface area contributed by atoms with Gasteiger partial charge in [-0.2, -0.15) is 13.2 Å². The van der Waals surface area contributed by atoms with Crippen LogP contribution in [0.25, 0.3) is 0 Å². The molecule has 0 heterocycles. The molecular weight excluding hydrogens is 255 g/mol. The normalized spacial score (nSPS) is 13.3. The van der Waals surface area contributed by atoms with E-state index >= 15 is 0 Å². The highest BCUT2D eigenvalue weighted by Gasteiger charge is 2.26. The van der Waals surface area contributed by atoms with Crippen LogP contribution in [-0.4, -0.2) is 26.4 Å².